The van der Waals surface area contributed by atoms with Crippen LogP contribution in [0.3, 0.4) is 0 Å². The minimum absolute atomic E-state index is 0. The van der Waals surface area contributed by atoms with Crippen molar-refractivity contribution in [3.8, 4) is 5.69 Å². The summed E-state index contributed by atoms with van der Waals surface area (Å²) in [7, 11) is 0. The third-order valence-electron chi connectivity index (χ3n) is 2.60. The molecule has 2 rings (SSSR count). The average Bonchev–Trinajstić information content (AvgIpc) is 2.92. The largest absolute Gasteiger partial charge is 0.370 e. The van der Waals surface area contributed by atoms with Crippen molar-refractivity contribution in [2.24, 2.45) is 10.7 Å². The number of nitrogens with one attached hydrogen (secondary N) is 1. The zero-order valence-corrected chi connectivity index (χ0v) is 13.7. The van der Waals surface area contributed by atoms with Gasteiger partial charge in [-0.25, -0.2) is 4.99 Å². The zero-order valence-electron chi connectivity index (χ0n) is 11.4. The van der Waals surface area contributed by atoms with Crippen molar-refractivity contribution in [1.29, 1.82) is 0 Å². The standard InChI is InChI=1S/C13H18N6.HI/c1-2-8-15-13(14)16-9-12-18-17-10-19(12)11-6-4-3-5-7-11;/h3-7,10H,2,8-9H2,1H3,(H3,14,15,16);1H. The third kappa shape index (κ3) is 4.48. The number of hydrogen-bond donors (Lipinski definition) is 2. The highest BCUT2D eigenvalue weighted by molar-refractivity contribution is 14.0. The first-order valence-corrected chi connectivity index (χ1v) is 6.29. The minimum atomic E-state index is 0. The van der Waals surface area contributed by atoms with Gasteiger partial charge in [-0.05, 0) is 18.6 Å². The molecule has 0 amide bonds. The van der Waals surface area contributed by atoms with E-state index in [0.717, 1.165) is 24.5 Å². The summed E-state index contributed by atoms with van der Waals surface area (Å²) in [5, 5.41) is 11.0. The van der Waals surface area contributed by atoms with E-state index < -0.39 is 0 Å². The Morgan fingerprint density at radius 2 is 2.10 bits per heavy atom. The molecule has 0 spiro atoms. The van der Waals surface area contributed by atoms with Gasteiger partial charge in [0.1, 0.15) is 12.9 Å². The number of halogens is 1. The van der Waals surface area contributed by atoms with Crippen LogP contribution in [0.25, 0.3) is 5.69 Å². The van der Waals surface area contributed by atoms with Crippen molar-refractivity contribution < 1.29 is 0 Å². The average molecular weight is 386 g/mol. The molecule has 0 radical (unpaired) electrons. The molecule has 0 aliphatic rings. The van der Waals surface area contributed by atoms with Crippen molar-refractivity contribution in [1.82, 2.24) is 20.1 Å². The van der Waals surface area contributed by atoms with E-state index >= 15 is 0 Å². The molecule has 0 aliphatic carbocycles. The summed E-state index contributed by atoms with van der Waals surface area (Å²) in [6.45, 7) is 3.30. The van der Waals surface area contributed by atoms with Crippen LogP contribution in [0.1, 0.15) is 19.2 Å². The molecule has 1 heterocycles. The van der Waals surface area contributed by atoms with E-state index in [-0.39, 0.29) is 24.0 Å². The maximum absolute atomic E-state index is 5.75. The Bertz CT molecular complexity index is 537. The summed E-state index contributed by atoms with van der Waals surface area (Å²) in [6.07, 6.45) is 2.69. The first-order valence-electron chi connectivity index (χ1n) is 6.29. The molecule has 20 heavy (non-hydrogen) atoms. The van der Waals surface area contributed by atoms with Gasteiger partial charge in [0.05, 0.1) is 0 Å². The van der Waals surface area contributed by atoms with E-state index in [1.54, 1.807) is 6.33 Å². The lowest BCUT2D eigenvalue weighted by molar-refractivity contribution is 0.809. The Labute approximate surface area is 135 Å². The van der Waals surface area contributed by atoms with Crippen molar-refractivity contribution in [3.63, 3.8) is 0 Å². The molecular weight excluding hydrogens is 367 g/mol. The van der Waals surface area contributed by atoms with Crippen LogP contribution in [0.5, 0.6) is 0 Å². The zero-order chi connectivity index (χ0) is 13.5. The van der Waals surface area contributed by atoms with Gasteiger partial charge in [-0.15, -0.1) is 34.2 Å². The Morgan fingerprint density at radius 1 is 1.35 bits per heavy atom. The van der Waals surface area contributed by atoms with Crippen molar-refractivity contribution >= 4 is 29.9 Å². The smallest absolute Gasteiger partial charge is 0.189 e. The molecule has 1 aromatic carbocycles. The number of aromatic nitrogens is 3. The molecule has 0 unspecified atom stereocenters. The first kappa shape index (κ1) is 16.4. The second-order valence-electron chi connectivity index (χ2n) is 4.08. The van der Waals surface area contributed by atoms with Gasteiger partial charge >= 0.3 is 0 Å². The monoisotopic (exact) mass is 386 g/mol. The van der Waals surface area contributed by atoms with Gasteiger partial charge in [0.15, 0.2) is 11.8 Å². The number of nitrogens with two attached hydrogens (primary N) is 1. The Morgan fingerprint density at radius 3 is 2.80 bits per heavy atom. The summed E-state index contributed by atoms with van der Waals surface area (Å²) >= 11 is 0. The second kappa shape index (κ2) is 8.51. The fourth-order valence-electron chi connectivity index (χ4n) is 1.64. The van der Waals surface area contributed by atoms with Crippen LogP contribution in [-0.4, -0.2) is 27.3 Å². The van der Waals surface area contributed by atoms with Gasteiger partial charge in [-0.1, -0.05) is 25.1 Å². The summed E-state index contributed by atoms with van der Waals surface area (Å²) in [5.41, 5.74) is 6.76. The second-order valence-corrected chi connectivity index (χ2v) is 4.08. The number of guanidine groups is 1. The molecule has 0 saturated carbocycles. The molecule has 0 aliphatic heterocycles. The Hall–Kier alpha value is -1.64. The Kier molecular flexibility index (Phi) is 6.99. The molecule has 0 saturated heterocycles. The number of rotatable bonds is 5. The summed E-state index contributed by atoms with van der Waals surface area (Å²) in [6, 6.07) is 9.90. The SMILES string of the molecule is CCCNC(N)=NCc1nncn1-c1ccccc1.I. The number of benzene rings is 1. The summed E-state index contributed by atoms with van der Waals surface area (Å²) < 4.78 is 1.90. The molecular formula is C13H19IN6. The lowest BCUT2D eigenvalue weighted by Crippen LogP contribution is -2.32. The van der Waals surface area contributed by atoms with Crippen LogP contribution in [0, 0.1) is 0 Å². The maximum Gasteiger partial charge on any atom is 0.189 e. The lowest BCUT2D eigenvalue weighted by Gasteiger charge is -2.05. The number of para-hydroxylation sites is 1. The highest BCUT2D eigenvalue weighted by Gasteiger charge is 2.05. The molecule has 1 aromatic heterocycles. The van der Waals surface area contributed by atoms with Crippen LogP contribution >= 0.6 is 24.0 Å². The molecule has 0 atom stereocenters. The molecule has 0 bridgehead atoms. The quantitative estimate of drug-likeness (QED) is 0.466. The van der Waals surface area contributed by atoms with Crippen LogP contribution in [0.2, 0.25) is 0 Å². The normalized spacial score (nSPS) is 10.9. The molecule has 3 N–H and O–H groups in total. The topological polar surface area (TPSA) is 81.1 Å². The van der Waals surface area contributed by atoms with Gasteiger partial charge in [0.2, 0.25) is 0 Å². The number of nitrogens with zero attached hydrogens (tertiary/aromatic N) is 4. The number of hydrogen-bond acceptors (Lipinski definition) is 3. The van der Waals surface area contributed by atoms with E-state index in [1.165, 1.54) is 0 Å². The van der Waals surface area contributed by atoms with Crippen LogP contribution < -0.4 is 11.1 Å². The predicted octanol–water partition coefficient (Wildman–Crippen LogP) is 1.70. The van der Waals surface area contributed by atoms with Crippen LogP contribution in [0.15, 0.2) is 41.7 Å². The molecule has 0 fully saturated rings. The van der Waals surface area contributed by atoms with E-state index in [4.69, 9.17) is 5.73 Å². The third-order valence-corrected chi connectivity index (χ3v) is 2.60. The molecule has 7 heteroatoms. The minimum Gasteiger partial charge on any atom is -0.370 e. The summed E-state index contributed by atoms with van der Waals surface area (Å²) in [5.74, 6) is 1.19. The highest BCUT2D eigenvalue weighted by Crippen LogP contribution is 2.09. The van der Waals surface area contributed by atoms with Gasteiger partial charge < -0.3 is 11.1 Å². The van der Waals surface area contributed by atoms with E-state index in [1.807, 2.05) is 34.9 Å². The van der Waals surface area contributed by atoms with Crippen LogP contribution in [-0.2, 0) is 6.54 Å². The first-order chi connectivity index (χ1) is 9.31. The molecule has 6 nitrogen and oxygen atoms in total. The van der Waals surface area contributed by atoms with E-state index in [0.29, 0.717) is 12.5 Å². The number of aliphatic imine (C=N–C) groups is 1. The molecule has 108 valence electrons. The van der Waals surface area contributed by atoms with Gasteiger partial charge in [-0.3, -0.25) is 4.57 Å². The lowest BCUT2D eigenvalue weighted by atomic mass is 10.3. The van der Waals surface area contributed by atoms with Crippen LogP contribution in [0.4, 0.5) is 0 Å². The highest BCUT2D eigenvalue weighted by atomic mass is 127. The Balaban J connectivity index is 0.00000200. The van der Waals surface area contributed by atoms with Gasteiger partial charge in [0.25, 0.3) is 0 Å². The predicted molar refractivity (Wildman–Crippen MR) is 90.4 cm³/mol. The maximum atomic E-state index is 5.75. The molecule has 2 aromatic rings. The van der Waals surface area contributed by atoms with E-state index in [2.05, 4.69) is 27.4 Å². The van der Waals surface area contributed by atoms with Crippen molar-refractivity contribution in [2.45, 2.75) is 19.9 Å². The fourth-order valence-corrected chi connectivity index (χ4v) is 1.64. The van der Waals surface area contributed by atoms with Crippen molar-refractivity contribution in [3.05, 3.63) is 42.5 Å². The van der Waals surface area contributed by atoms with Crippen molar-refractivity contribution in [2.75, 3.05) is 6.54 Å². The van der Waals surface area contributed by atoms with Gasteiger partial charge in [0, 0.05) is 12.2 Å². The fraction of sp³-hybridized carbons (Fsp3) is 0.308. The van der Waals surface area contributed by atoms with Gasteiger partial charge in [-0.2, -0.15) is 0 Å². The summed E-state index contributed by atoms with van der Waals surface area (Å²) in [4.78, 5) is 4.25. The van der Waals surface area contributed by atoms with E-state index in [9.17, 15) is 0 Å².